The molecule has 0 saturated heterocycles. The topological polar surface area (TPSA) is 18.5 Å². The van der Waals surface area contributed by atoms with Crippen LogP contribution in [0.3, 0.4) is 0 Å². The molecule has 1 aromatic carbocycles. The lowest BCUT2D eigenvalue weighted by molar-refractivity contribution is 0.116. The van der Waals surface area contributed by atoms with Gasteiger partial charge in [0.1, 0.15) is 12.4 Å². The monoisotopic (exact) mass is 474 g/mol. The van der Waals surface area contributed by atoms with Gasteiger partial charge in [-0.1, -0.05) is 133 Å². The highest BCUT2D eigenvalue weighted by Gasteiger charge is 2.08. The maximum Gasteiger partial charge on any atom is 0.127 e. The summed E-state index contributed by atoms with van der Waals surface area (Å²) >= 11 is 5.80. The van der Waals surface area contributed by atoms with E-state index in [1.54, 1.807) is 5.54 Å². The Labute approximate surface area is 208 Å². The lowest BCUT2D eigenvalue weighted by Gasteiger charge is -2.09. The van der Waals surface area contributed by atoms with Crippen molar-refractivity contribution in [1.82, 2.24) is 0 Å². The van der Waals surface area contributed by atoms with Crippen LogP contribution in [0.25, 0.3) is 6.08 Å². The van der Waals surface area contributed by atoms with Gasteiger partial charge in [0.05, 0.1) is 6.61 Å². The van der Waals surface area contributed by atoms with Crippen LogP contribution in [0.5, 0.6) is 5.75 Å². The fourth-order valence-corrected chi connectivity index (χ4v) is 4.50. The van der Waals surface area contributed by atoms with Crippen molar-refractivity contribution in [2.45, 2.75) is 116 Å². The summed E-state index contributed by atoms with van der Waals surface area (Å²) in [5.74, 6) is 0.904. The van der Waals surface area contributed by atoms with E-state index in [9.17, 15) is 0 Å². The summed E-state index contributed by atoms with van der Waals surface area (Å²) in [6.07, 6.45) is 26.4. The fraction of sp³-hybridized carbons (Fsp3) is 0.667. The van der Waals surface area contributed by atoms with Gasteiger partial charge in [0.15, 0.2) is 0 Å². The van der Waals surface area contributed by atoms with E-state index in [0.717, 1.165) is 29.9 Å². The number of hydrogen-bond acceptors (Lipinski definition) is 2. The molecular weight excluding hydrogens is 428 g/mol. The quantitative estimate of drug-likeness (QED) is 0.186. The van der Waals surface area contributed by atoms with Gasteiger partial charge in [-0.15, -0.1) is 0 Å². The average molecular weight is 475 g/mol. The Morgan fingerprint density at radius 3 is 1.94 bits per heavy atom. The smallest absolute Gasteiger partial charge is 0.127 e. The average Bonchev–Trinajstić information content (AvgIpc) is 3.05. The number of hydrogen-bond donors (Lipinski definition) is 0. The molecular formula is C30H47ClO2. The molecule has 1 aromatic rings. The Kier molecular flexibility index (Phi) is 16.2. The Morgan fingerprint density at radius 2 is 1.36 bits per heavy atom. The van der Waals surface area contributed by atoms with Crippen molar-refractivity contribution in [3.63, 3.8) is 0 Å². The maximum atomic E-state index is 5.91. The zero-order valence-corrected chi connectivity index (χ0v) is 21.8. The van der Waals surface area contributed by atoms with E-state index < -0.39 is 0 Å². The number of fused-ring (bicyclic) bond motifs is 1. The first kappa shape index (κ1) is 28.0. The maximum absolute atomic E-state index is 5.91. The molecule has 2 nitrogen and oxygen atoms in total. The molecule has 0 N–H and O–H groups in total. The van der Waals surface area contributed by atoms with Gasteiger partial charge in [-0.2, -0.15) is 0 Å². The zero-order chi connectivity index (χ0) is 23.4. The van der Waals surface area contributed by atoms with E-state index in [4.69, 9.17) is 21.1 Å². The highest BCUT2D eigenvalue weighted by molar-refractivity contribution is 6.25. The molecule has 3 heteroatoms. The van der Waals surface area contributed by atoms with E-state index in [1.807, 2.05) is 12.1 Å². The van der Waals surface area contributed by atoms with Crippen LogP contribution in [0, 0.1) is 0 Å². The fourth-order valence-electron chi connectivity index (χ4n) is 4.37. The molecule has 0 amide bonds. The van der Waals surface area contributed by atoms with Crippen molar-refractivity contribution in [2.75, 3.05) is 13.2 Å². The largest absolute Gasteiger partial charge is 0.488 e. The second-order valence-electron chi connectivity index (χ2n) is 9.53. The molecule has 0 spiro atoms. The third-order valence-corrected chi connectivity index (χ3v) is 6.78. The predicted molar refractivity (Wildman–Crippen MR) is 144 cm³/mol. The minimum atomic E-state index is 0.516. The summed E-state index contributed by atoms with van der Waals surface area (Å²) in [5.41, 5.74) is 4.84. The number of halogens is 1. The van der Waals surface area contributed by atoms with Gasteiger partial charge in [-0.05, 0) is 24.1 Å². The van der Waals surface area contributed by atoms with Gasteiger partial charge in [-0.25, -0.2) is 0 Å². The van der Waals surface area contributed by atoms with Crippen LogP contribution in [0.2, 0.25) is 0 Å². The third-order valence-electron chi connectivity index (χ3n) is 6.50. The number of ether oxygens (including phenoxy) is 2. The summed E-state index contributed by atoms with van der Waals surface area (Å²) < 4.78 is 11.7. The first-order valence-electron chi connectivity index (χ1n) is 13.6. The number of benzene rings is 1. The van der Waals surface area contributed by atoms with Crippen molar-refractivity contribution in [2.24, 2.45) is 0 Å². The van der Waals surface area contributed by atoms with Gasteiger partial charge >= 0.3 is 0 Å². The van der Waals surface area contributed by atoms with E-state index in [0.29, 0.717) is 13.2 Å². The van der Waals surface area contributed by atoms with E-state index in [2.05, 4.69) is 25.1 Å². The van der Waals surface area contributed by atoms with E-state index >= 15 is 0 Å². The molecule has 0 radical (unpaired) electrons. The highest BCUT2D eigenvalue weighted by Crippen LogP contribution is 2.26. The Hall–Kier alpha value is -1.25. The summed E-state index contributed by atoms with van der Waals surface area (Å²) in [7, 11) is 0. The number of rotatable bonds is 19. The molecule has 186 valence electrons. The van der Waals surface area contributed by atoms with Crippen molar-refractivity contribution < 1.29 is 9.47 Å². The molecule has 0 bridgehead atoms. The second-order valence-corrected chi connectivity index (χ2v) is 9.75. The van der Waals surface area contributed by atoms with Crippen molar-refractivity contribution in [3.8, 4) is 5.75 Å². The molecule has 2 rings (SSSR count). The summed E-state index contributed by atoms with van der Waals surface area (Å²) in [6, 6.07) is 6.27. The van der Waals surface area contributed by atoms with E-state index in [1.165, 1.54) is 102 Å². The second kappa shape index (κ2) is 19.1. The molecule has 33 heavy (non-hydrogen) atoms. The van der Waals surface area contributed by atoms with Crippen LogP contribution < -0.4 is 4.74 Å². The number of unbranched alkanes of at least 4 members (excludes halogenated alkanes) is 15. The molecule has 0 fully saturated rings. The lowest BCUT2D eigenvalue weighted by Crippen LogP contribution is -1.99. The third kappa shape index (κ3) is 13.3. The lowest BCUT2D eigenvalue weighted by atomic mass is 10.0. The van der Waals surface area contributed by atoms with Crippen LogP contribution in [-0.2, 0) is 11.3 Å². The van der Waals surface area contributed by atoms with Crippen LogP contribution in [0.1, 0.15) is 121 Å². The van der Waals surface area contributed by atoms with Crippen molar-refractivity contribution >= 4 is 17.7 Å². The zero-order valence-electron chi connectivity index (χ0n) is 21.1. The molecule has 1 aliphatic rings. The van der Waals surface area contributed by atoms with Crippen molar-refractivity contribution in [1.29, 1.82) is 0 Å². The van der Waals surface area contributed by atoms with Gasteiger partial charge in [0.2, 0.25) is 0 Å². The van der Waals surface area contributed by atoms with Gasteiger partial charge in [0, 0.05) is 23.3 Å². The Balaban J connectivity index is 1.38. The summed E-state index contributed by atoms with van der Waals surface area (Å²) in [6.45, 7) is 4.32. The van der Waals surface area contributed by atoms with Crippen LogP contribution in [-0.4, -0.2) is 13.2 Å². The molecule has 0 saturated carbocycles. The van der Waals surface area contributed by atoms with Gasteiger partial charge in [0.25, 0.3) is 0 Å². The SMILES string of the molecule is CCCCCCCCCCCCCCCCCCOCc1ccc2c(c1)C=C/C(=C\Cl)CO2. The van der Waals surface area contributed by atoms with Crippen molar-refractivity contribution in [3.05, 3.63) is 46.5 Å². The highest BCUT2D eigenvalue weighted by atomic mass is 35.5. The Morgan fingerprint density at radius 1 is 0.788 bits per heavy atom. The first-order valence-corrected chi connectivity index (χ1v) is 14.1. The van der Waals surface area contributed by atoms with Crippen LogP contribution in [0.15, 0.2) is 35.4 Å². The van der Waals surface area contributed by atoms with Crippen LogP contribution in [0.4, 0.5) is 0 Å². The minimum Gasteiger partial charge on any atom is -0.488 e. The van der Waals surface area contributed by atoms with Gasteiger partial charge < -0.3 is 9.47 Å². The predicted octanol–water partition coefficient (Wildman–Crippen LogP) is 9.99. The summed E-state index contributed by atoms with van der Waals surface area (Å²) in [4.78, 5) is 0. The standard InChI is InChI=1S/C30H47ClO2/c1-2-3-4-5-6-7-8-9-10-11-12-13-14-15-16-17-22-32-25-27-19-21-30-29(23-27)20-18-28(24-31)26-33-30/h18-21,23-24H,2-17,22,25-26H2,1H3/b28-24+. The molecule has 0 aliphatic carbocycles. The summed E-state index contributed by atoms with van der Waals surface area (Å²) in [5, 5.41) is 0. The van der Waals surface area contributed by atoms with E-state index in [-0.39, 0.29) is 0 Å². The van der Waals surface area contributed by atoms with Crippen LogP contribution >= 0.6 is 11.6 Å². The first-order chi connectivity index (χ1) is 16.3. The minimum absolute atomic E-state index is 0.516. The Bertz CT molecular complexity index is 680. The molecule has 1 aliphatic heterocycles. The molecule has 0 atom stereocenters. The molecule has 0 aromatic heterocycles. The molecule has 0 unspecified atom stereocenters. The van der Waals surface area contributed by atoms with Gasteiger partial charge in [-0.3, -0.25) is 0 Å². The molecule has 1 heterocycles. The normalized spacial score (nSPS) is 14.3.